The van der Waals surface area contributed by atoms with E-state index in [1.165, 1.54) is 0 Å². The number of hydrogen-bond acceptors (Lipinski definition) is 5. The van der Waals surface area contributed by atoms with Crippen LogP contribution in [0.1, 0.15) is 0 Å². The van der Waals surface area contributed by atoms with Crippen LogP contribution in [0.15, 0.2) is 0 Å². The molecule has 26 heavy (non-hydrogen) atoms. The zero-order valence-corrected chi connectivity index (χ0v) is 23.4. The summed E-state index contributed by atoms with van der Waals surface area (Å²) >= 11 is 67.6. The molecular weight excluding hydrogens is 723 g/mol. The van der Waals surface area contributed by atoms with Crippen LogP contribution in [0.3, 0.4) is 0 Å². The van der Waals surface area contributed by atoms with Crippen molar-refractivity contribution in [3.8, 4) is 0 Å². The number of halogens is 15. The first-order valence-electron chi connectivity index (χ1n) is 3.86. The maximum atomic E-state index is 9.40. The van der Waals surface area contributed by atoms with Crippen LogP contribution in [0.5, 0.6) is 0 Å². The van der Waals surface area contributed by atoms with Gasteiger partial charge in [-0.2, -0.15) is 0 Å². The molecule has 0 amide bonds. The van der Waals surface area contributed by atoms with Gasteiger partial charge in [-0.25, -0.2) is 0 Å². The van der Waals surface area contributed by atoms with Crippen molar-refractivity contribution in [2.75, 3.05) is 0 Å². The summed E-state index contributed by atoms with van der Waals surface area (Å²) in [6.45, 7) is 0. The van der Waals surface area contributed by atoms with Crippen LogP contribution >= 0.6 is 174 Å². The summed E-state index contributed by atoms with van der Waals surface area (Å²) in [7, 11) is 0. The molecule has 0 atom stereocenters. The van der Waals surface area contributed by atoms with E-state index in [-0.39, 0.29) is 18.6 Å². The van der Waals surface area contributed by atoms with Crippen LogP contribution in [-0.2, 0) is 18.6 Å². The van der Waals surface area contributed by atoms with Gasteiger partial charge < -0.3 is 25.5 Å². The first-order chi connectivity index (χ1) is 10.0. The molecule has 0 aromatic heterocycles. The Kier molecular flexibility index (Phi) is 34.8. The van der Waals surface area contributed by atoms with Gasteiger partial charge >= 0.3 is 18.6 Å². The van der Waals surface area contributed by atoms with Gasteiger partial charge in [0.05, 0.1) is 0 Å². The SMILES string of the molecule is [O-]C(Cl)(Cl)Cl.[O-]C(Cl)(Cl)Cl.[O-]C(Cl)(Cl)Cl.[O-]C(Cl)(Cl)Cl.[O-]C(Cl)(Cl)Cl.[V+5]. The van der Waals surface area contributed by atoms with E-state index in [4.69, 9.17) is 0 Å². The van der Waals surface area contributed by atoms with Crippen LogP contribution < -0.4 is 25.5 Å². The molecular formula is C5Cl15O5V. The standard InChI is InChI=1S/5CCl3O.V/c5*2-1(3,4)5;/q5*-1;+5. The molecule has 0 spiro atoms. The quantitative estimate of drug-likeness (QED) is 0.356. The fourth-order valence-corrected chi connectivity index (χ4v) is 0. The predicted octanol–water partition coefficient (Wildman–Crippen LogP) is 3.37. The second-order valence-electron chi connectivity index (χ2n) is 2.23. The van der Waals surface area contributed by atoms with Gasteiger partial charge in [-0.15, -0.1) is 174 Å². The van der Waals surface area contributed by atoms with Gasteiger partial charge in [0.2, 0.25) is 0 Å². The molecule has 0 bridgehead atoms. The number of hydrogen-bond donors (Lipinski definition) is 0. The van der Waals surface area contributed by atoms with Gasteiger partial charge in [0.15, 0.2) is 0 Å². The molecule has 0 aliphatic heterocycles. The van der Waals surface area contributed by atoms with Gasteiger partial charge in [-0.1, -0.05) is 0 Å². The Hall–Kier alpha value is 4.73. The Morgan fingerprint density at radius 3 is 0.269 bits per heavy atom. The molecule has 0 aliphatic carbocycles. The molecule has 0 heterocycles. The van der Waals surface area contributed by atoms with E-state index in [1.807, 2.05) is 0 Å². The summed E-state index contributed by atoms with van der Waals surface area (Å²) < 4.78 is -11.7. The molecule has 0 aliphatic rings. The molecule has 0 rings (SSSR count). The normalized spacial score (nSPS) is 11.5. The third-order valence-corrected chi connectivity index (χ3v) is 0. The van der Waals surface area contributed by atoms with Crippen LogP contribution in [0, 0.1) is 0 Å². The van der Waals surface area contributed by atoms with E-state index < -0.39 is 19.9 Å². The summed E-state index contributed by atoms with van der Waals surface area (Å²) in [6, 6.07) is 0. The fraction of sp³-hybridized carbons (Fsp3) is 1.00. The molecule has 0 saturated heterocycles. The molecule has 5 nitrogen and oxygen atoms in total. The molecule has 0 N–H and O–H groups in total. The molecule has 21 heteroatoms. The monoisotopic (exact) mass is 715 g/mol. The molecule has 160 valence electrons. The zero-order chi connectivity index (χ0) is 22.5. The van der Waals surface area contributed by atoms with Crippen molar-refractivity contribution in [3.05, 3.63) is 0 Å². The Bertz CT molecular complexity index is 188. The van der Waals surface area contributed by atoms with Gasteiger partial charge in [0.25, 0.3) is 0 Å². The summed E-state index contributed by atoms with van der Waals surface area (Å²) in [5.74, 6) is 0. The molecule has 0 aromatic carbocycles. The van der Waals surface area contributed by atoms with E-state index in [9.17, 15) is 25.5 Å². The topological polar surface area (TPSA) is 115 Å². The minimum absolute atomic E-state index is 0. The van der Waals surface area contributed by atoms with Gasteiger partial charge in [0.1, 0.15) is 19.9 Å². The summed E-state index contributed by atoms with van der Waals surface area (Å²) in [6.07, 6.45) is 0. The fourth-order valence-electron chi connectivity index (χ4n) is 0. The van der Waals surface area contributed by atoms with Crippen molar-refractivity contribution < 1.29 is 44.1 Å². The Morgan fingerprint density at radius 1 is 0.269 bits per heavy atom. The molecule has 0 aromatic rings. The average Bonchev–Trinajstić information content (AvgIpc) is 1.79. The van der Waals surface area contributed by atoms with E-state index in [0.29, 0.717) is 0 Å². The van der Waals surface area contributed by atoms with Crippen molar-refractivity contribution >= 4 is 174 Å². The van der Waals surface area contributed by atoms with E-state index in [2.05, 4.69) is 174 Å². The van der Waals surface area contributed by atoms with Gasteiger partial charge in [-0.3, -0.25) is 0 Å². The van der Waals surface area contributed by atoms with Crippen LogP contribution in [0.25, 0.3) is 0 Å². The summed E-state index contributed by atoms with van der Waals surface area (Å²) in [5.41, 5.74) is 0. The van der Waals surface area contributed by atoms with Crippen molar-refractivity contribution in [1.82, 2.24) is 0 Å². The van der Waals surface area contributed by atoms with Crippen LogP contribution in [-0.4, -0.2) is 19.9 Å². The summed E-state index contributed by atoms with van der Waals surface area (Å²) in [4.78, 5) is 0. The Balaban J connectivity index is -0.0000000476. The largest absolute Gasteiger partial charge is 5.00 e. The first-order valence-corrected chi connectivity index (χ1v) is 9.52. The maximum absolute atomic E-state index is 9.40. The third-order valence-electron chi connectivity index (χ3n) is 0. The smallest absolute Gasteiger partial charge is 0.813 e. The Morgan fingerprint density at radius 2 is 0.269 bits per heavy atom. The van der Waals surface area contributed by atoms with Crippen molar-refractivity contribution in [1.29, 1.82) is 0 Å². The maximum Gasteiger partial charge on any atom is 5.00 e. The van der Waals surface area contributed by atoms with Gasteiger partial charge in [0, 0.05) is 0 Å². The van der Waals surface area contributed by atoms with Crippen LogP contribution in [0.2, 0.25) is 0 Å². The second-order valence-corrected chi connectivity index (χ2v) is 13.1. The number of rotatable bonds is 0. The minimum Gasteiger partial charge on any atom is -0.813 e. The molecule has 0 fully saturated rings. The van der Waals surface area contributed by atoms with E-state index >= 15 is 0 Å². The van der Waals surface area contributed by atoms with E-state index in [0.717, 1.165) is 0 Å². The van der Waals surface area contributed by atoms with Crippen molar-refractivity contribution in [2.45, 2.75) is 19.9 Å². The molecule has 0 radical (unpaired) electrons. The first kappa shape index (κ1) is 44.4. The van der Waals surface area contributed by atoms with Crippen molar-refractivity contribution in [2.24, 2.45) is 0 Å². The minimum atomic E-state index is -2.33. The number of alkyl halides is 15. The second kappa shape index (κ2) is 20.3. The summed E-state index contributed by atoms with van der Waals surface area (Å²) in [5, 5.41) is 47.0. The third kappa shape index (κ3) is 986. The predicted molar refractivity (Wildman–Crippen MR) is 101 cm³/mol. The van der Waals surface area contributed by atoms with Gasteiger partial charge in [-0.05, 0) is 0 Å². The Labute approximate surface area is 235 Å². The van der Waals surface area contributed by atoms with E-state index in [1.54, 1.807) is 0 Å². The van der Waals surface area contributed by atoms with Crippen molar-refractivity contribution in [3.63, 3.8) is 0 Å². The zero-order valence-electron chi connectivity index (χ0n) is 10.7. The molecule has 0 unspecified atom stereocenters. The molecule has 0 saturated carbocycles. The van der Waals surface area contributed by atoms with Crippen LogP contribution in [0.4, 0.5) is 0 Å². The average molecular weight is 723 g/mol.